The van der Waals surface area contributed by atoms with Gasteiger partial charge in [-0.25, -0.2) is 0 Å². The van der Waals surface area contributed by atoms with Gasteiger partial charge in [0.1, 0.15) is 0 Å². The Morgan fingerprint density at radius 2 is 1.80 bits per heavy atom. The molecule has 1 fully saturated rings. The summed E-state index contributed by atoms with van der Waals surface area (Å²) in [5.74, 6) is -0.0934. The van der Waals surface area contributed by atoms with Gasteiger partial charge in [-0.15, -0.1) is 0 Å². The van der Waals surface area contributed by atoms with E-state index in [9.17, 15) is 9.59 Å². The van der Waals surface area contributed by atoms with Gasteiger partial charge in [-0.3, -0.25) is 9.59 Å². The number of thioether (sulfide) groups is 1. The van der Waals surface area contributed by atoms with E-state index in [4.69, 9.17) is 0 Å². The lowest BCUT2D eigenvalue weighted by Gasteiger charge is -2.34. The summed E-state index contributed by atoms with van der Waals surface area (Å²) in [4.78, 5) is 34.4. The van der Waals surface area contributed by atoms with Gasteiger partial charge in [-0.05, 0) is 35.5 Å². The van der Waals surface area contributed by atoms with E-state index in [0.717, 1.165) is 16.4 Å². The zero-order valence-electron chi connectivity index (χ0n) is 14.7. The SMILES string of the molecule is CC(=O)N1CCN(C2=NC(=O)C(=Cc3ccc(N(C)C)cc3)S2)CC1. The summed E-state index contributed by atoms with van der Waals surface area (Å²) in [7, 11) is 3.99. The van der Waals surface area contributed by atoms with Crippen molar-refractivity contribution in [3.8, 4) is 0 Å². The van der Waals surface area contributed by atoms with Crippen LogP contribution in [-0.2, 0) is 9.59 Å². The van der Waals surface area contributed by atoms with Crippen molar-refractivity contribution in [2.75, 3.05) is 45.2 Å². The fourth-order valence-electron chi connectivity index (χ4n) is 2.77. The third-order valence-corrected chi connectivity index (χ3v) is 5.36. The first-order valence-corrected chi connectivity index (χ1v) is 9.06. The van der Waals surface area contributed by atoms with Crippen molar-refractivity contribution in [2.45, 2.75) is 6.92 Å². The van der Waals surface area contributed by atoms with Gasteiger partial charge < -0.3 is 14.7 Å². The Labute approximate surface area is 152 Å². The molecule has 132 valence electrons. The first kappa shape index (κ1) is 17.5. The predicted octanol–water partition coefficient (Wildman–Crippen LogP) is 1.89. The van der Waals surface area contributed by atoms with Gasteiger partial charge >= 0.3 is 0 Å². The molecule has 2 amide bonds. The average Bonchev–Trinajstić information content (AvgIpc) is 2.96. The number of rotatable bonds is 2. The van der Waals surface area contributed by atoms with E-state index in [1.165, 1.54) is 11.8 Å². The van der Waals surface area contributed by atoms with E-state index >= 15 is 0 Å². The molecule has 0 spiro atoms. The Balaban J connectivity index is 1.65. The van der Waals surface area contributed by atoms with Crippen LogP contribution in [0.1, 0.15) is 12.5 Å². The Morgan fingerprint density at radius 1 is 1.16 bits per heavy atom. The minimum atomic E-state index is -0.189. The fraction of sp³-hybridized carbons (Fsp3) is 0.389. The highest BCUT2D eigenvalue weighted by Gasteiger charge is 2.28. The maximum absolute atomic E-state index is 12.2. The molecule has 1 aromatic carbocycles. The molecule has 0 aromatic heterocycles. The molecule has 0 radical (unpaired) electrons. The Morgan fingerprint density at radius 3 is 2.36 bits per heavy atom. The third-order valence-electron chi connectivity index (χ3n) is 4.31. The highest BCUT2D eigenvalue weighted by atomic mass is 32.2. The largest absolute Gasteiger partial charge is 0.378 e. The molecule has 0 atom stereocenters. The summed E-state index contributed by atoms with van der Waals surface area (Å²) in [5.41, 5.74) is 2.10. The van der Waals surface area contributed by atoms with Crippen LogP contribution in [0.3, 0.4) is 0 Å². The summed E-state index contributed by atoms with van der Waals surface area (Å²) < 4.78 is 0. The molecular weight excluding hydrogens is 336 g/mol. The van der Waals surface area contributed by atoms with Crippen LogP contribution >= 0.6 is 11.8 Å². The minimum absolute atomic E-state index is 0.0958. The summed E-state index contributed by atoms with van der Waals surface area (Å²) in [6.45, 7) is 4.36. The normalized spacial score (nSPS) is 19.4. The highest BCUT2D eigenvalue weighted by molar-refractivity contribution is 8.18. The number of piperazine rings is 1. The van der Waals surface area contributed by atoms with Gasteiger partial charge in [0, 0.05) is 52.9 Å². The van der Waals surface area contributed by atoms with E-state index in [2.05, 4.69) is 9.89 Å². The molecule has 0 aliphatic carbocycles. The van der Waals surface area contributed by atoms with Gasteiger partial charge in [0.25, 0.3) is 5.91 Å². The van der Waals surface area contributed by atoms with Crippen LogP contribution in [0.2, 0.25) is 0 Å². The van der Waals surface area contributed by atoms with E-state index in [-0.39, 0.29) is 11.8 Å². The van der Waals surface area contributed by atoms with Crippen LogP contribution in [0.5, 0.6) is 0 Å². The van der Waals surface area contributed by atoms with Gasteiger partial charge in [-0.2, -0.15) is 4.99 Å². The molecule has 0 N–H and O–H groups in total. The number of amides is 2. The molecule has 2 heterocycles. The van der Waals surface area contributed by atoms with Crippen LogP contribution in [0, 0.1) is 0 Å². The number of carbonyl (C=O) groups is 2. The van der Waals surface area contributed by atoms with E-state index in [1.807, 2.05) is 54.2 Å². The van der Waals surface area contributed by atoms with Crippen molar-refractivity contribution in [1.82, 2.24) is 9.80 Å². The fourth-order valence-corrected chi connectivity index (χ4v) is 3.73. The monoisotopic (exact) mass is 358 g/mol. The maximum atomic E-state index is 12.2. The number of nitrogens with zero attached hydrogens (tertiary/aromatic N) is 4. The molecule has 2 aliphatic rings. The van der Waals surface area contributed by atoms with Gasteiger partial charge in [0.2, 0.25) is 5.91 Å². The van der Waals surface area contributed by atoms with Gasteiger partial charge in [0.05, 0.1) is 4.91 Å². The van der Waals surface area contributed by atoms with Crippen molar-refractivity contribution >= 4 is 40.5 Å². The molecule has 1 aromatic rings. The highest BCUT2D eigenvalue weighted by Crippen LogP contribution is 2.31. The molecular formula is C18H22N4O2S. The summed E-state index contributed by atoms with van der Waals surface area (Å²) in [6.07, 6.45) is 1.88. The molecule has 3 rings (SSSR count). The minimum Gasteiger partial charge on any atom is -0.378 e. The quantitative estimate of drug-likeness (QED) is 0.756. The van der Waals surface area contributed by atoms with Crippen molar-refractivity contribution in [3.05, 3.63) is 34.7 Å². The molecule has 0 unspecified atom stereocenters. The smallest absolute Gasteiger partial charge is 0.286 e. The van der Waals surface area contributed by atoms with Crippen LogP contribution in [-0.4, -0.2) is 67.1 Å². The Hall–Kier alpha value is -2.28. The lowest BCUT2D eigenvalue weighted by atomic mass is 10.2. The van der Waals surface area contributed by atoms with Crippen molar-refractivity contribution in [3.63, 3.8) is 0 Å². The Bertz CT molecular complexity index is 732. The molecule has 1 saturated heterocycles. The van der Waals surface area contributed by atoms with Crippen LogP contribution in [0.25, 0.3) is 6.08 Å². The van der Waals surface area contributed by atoms with E-state index < -0.39 is 0 Å². The molecule has 25 heavy (non-hydrogen) atoms. The number of benzene rings is 1. The lowest BCUT2D eigenvalue weighted by molar-refractivity contribution is -0.130. The number of hydrogen-bond donors (Lipinski definition) is 0. The van der Waals surface area contributed by atoms with Crippen molar-refractivity contribution in [2.24, 2.45) is 4.99 Å². The third kappa shape index (κ3) is 4.04. The summed E-state index contributed by atoms with van der Waals surface area (Å²) >= 11 is 1.41. The van der Waals surface area contributed by atoms with Gasteiger partial charge in [-0.1, -0.05) is 12.1 Å². The zero-order chi connectivity index (χ0) is 18.0. The van der Waals surface area contributed by atoms with Crippen molar-refractivity contribution < 1.29 is 9.59 Å². The average molecular weight is 358 g/mol. The van der Waals surface area contributed by atoms with Crippen molar-refractivity contribution in [1.29, 1.82) is 0 Å². The summed E-state index contributed by atoms with van der Waals surface area (Å²) in [5, 5.41) is 0.740. The molecule has 2 aliphatic heterocycles. The second-order valence-electron chi connectivity index (χ2n) is 6.29. The predicted molar refractivity (Wildman–Crippen MR) is 103 cm³/mol. The number of carbonyl (C=O) groups excluding carboxylic acids is 2. The van der Waals surface area contributed by atoms with Crippen LogP contribution < -0.4 is 4.90 Å². The van der Waals surface area contributed by atoms with Crippen LogP contribution in [0.4, 0.5) is 5.69 Å². The first-order valence-electron chi connectivity index (χ1n) is 8.24. The number of amidine groups is 1. The van der Waals surface area contributed by atoms with Crippen LogP contribution in [0.15, 0.2) is 34.2 Å². The number of aliphatic imine (C=N–C) groups is 1. The first-order chi connectivity index (χ1) is 11.9. The number of anilines is 1. The molecule has 7 heteroatoms. The lowest BCUT2D eigenvalue weighted by Crippen LogP contribution is -2.49. The van der Waals surface area contributed by atoms with Gasteiger partial charge in [0.15, 0.2) is 5.17 Å². The maximum Gasteiger partial charge on any atom is 0.286 e. The number of hydrogen-bond acceptors (Lipinski definition) is 5. The Kier molecular flexibility index (Phi) is 5.13. The topological polar surface area (TPSA) is 56.2 Å². The zero-order valence-corrected chi connectivity index (χ0v) is 15.5. The molecule has 6 nitrogen and oxygen atoms in total. The standard InChI is InChI=1S/C18H22N4O2S/c1-13(23)21-8-10-22(11-9-21)18-19-17(24)16(25-18)12-14-4-6-15(7-5-14)20(2)3/h4-7,12H,8-11H2,1-3H3. The molecule has 0 bridgehead atoms. The second-order valence-corrected chi connectivity index (χ2v) is 7.30. The second kappa shape index (κ2) is 7.31. The van der Waals surface area contributed by atoms with E-state index in [1.54, 1.807) is 6.92 Å². The van der Waals surface area contributed by atoms with E-state index in [0.29, 0.717) is 31.1 Å². The molecule has 0 saturated carbocycles. The summed E-state index contributed by atoms with van der Waals surface area (Å²) in [6, 6.07) is 8.05.